The van der Waals surface area contributed by atoms with E-state index in [1.54, 1.807) is 0 Å². The summed E-state index contributed by atoms with van der Waals surface area (Å²) in [6, 6.07) is 0. The van der Waals surface area contributed by atoms with Gasteiger partial charge in [-0.3, -0.25) is 0 Å². The molecule has 62 valence electrons. The lowest BCUT2D eigenvalue weighted by atomic mass is 9.95. The van der Waals surface area contributed by atoms with Crippen molar-refractivity contribution in [1.82, 2.24) is 5.32 Å². The van der Waals surface area contributed by atoms with Gasteiger partial charge in [0, 0.05) is 6.54 Å². The summed E-state index contributed by atoms with van der Waals surface area (Å²) < 4.78 is 12.7. The van der Waals surface area contributed by atoms with Crippen LogP contribution in [0.1, 0.15) is 13.3 Å². The first-order valence-corrected chi connectivity index (χ1v) is 3.20. The smallest absolute Gasteiger partial charge is 0.131 e. The minimum atomic E-state index is -1.14. The molecule has 1 aliphatic heterocycles. The topological polar surface area (TPSA) is 32.3 Å². The normalized spacial score (nSPS) is 40.5. The highest BCUT2D eigenvalue weighted by Crippen LogP contribution is 2.18. The summed E-state index contributed by atoms with van der Waals surface area (Å²) in [7, 11) is 0. The fourth-order valence-corrected chi connectivity index (χ4v) is 0.992. The highest BCUT2D eigenvalue weighted by atomic mass is 35.5. The van der Waals surface area contributed by atoms with Crippen LogP contribution in [0.15, 0.2) is 0 Å². The molecule has 0 aromatic carbocycles. The molecule has 0 unspecified atom stereocenters. The molecule has 1 rings (SSSR count). The van der Waals surface area contributed by atoms with E-state index in [2.05, 4.69) is 5.32 Å². The van der Waals surface area contributed by atoms with Gasteiger partial charge >= 0.3 is 0 Å². The molecule has 0 aromatic heterocycles. The van der Waals surface area contributed by atoms with Crippen LogP contribution in [0.2, 0.25) is 0 Å². The third-order valence-electron chi connectivity index (χ3n) is 1.73. The van der Waals surface area contributed by atoms with Crippen LogP contribution in [0.4, 0.5) is 4.39 Å². The second-order valence-corrected chi connectivity index (χ2v) is 2.79. The van der Waals surface area contributed by atoms with Crippen molar-refractivity contribution in [2.75, 3.05) is 13.1 Å². The molecule has 2 N–H and O–H groups in total. The summed E-state index contributed by atoms with van der Waals surface area (Å²) in [5.41, 5.74) is -1.14. The molecule has 1 fully saturated rings. The molecule has 1 saturated heterocycles. The van der Waals surface area contributed by atoms with Crippen LogP contribution in [0, 0.1) is 0 Å². The van der Waals surface area contributed by atoms with E-state index in [1.807, 2.05) is 0 Å². The Bertz CT molecular complexity index is 110. The van der Waals surface area contributed by atoms with Gasteiger partial charge in [-0.05, 0) is 19.9 Å². The van der Waals surface area contributed by atoms with Crippen LogP contribution in [0.3, 0.4) is 0 Å². The number of nitrogens with one attached hydrogen (secondary N) is 1. The fraction of sp³-hybridized carbons (Fsp3) is 1.00. The zero-order chi connectivity index (χ0) is 6.91. The quantitative estimate of drug-likeness (QED) is 0.553. The predicted octanol–water partition coefficient (Wildman–Crippen LogP) is 0.491. The first-order chi connectivity index (χ1) is 4.13. The van der Waals surface area contributed by atoms with Crippen LogP contribution in [0.5, 0.6) is 0 Å². The summed E-state index contributed by atoms with van der Waals surface area (Å²) in [5, 5.41) is 12.1. The Labute approximate surface area is 66.2 Å². The summed E-state index contributed by atoms with van der Waals surface area (Å²) in [4.78, 5) is 0. The number of rotatable bonds is 0. The highest BCUT2D eigenvalue weighted by Gasteiger charge is 2.34. The molecule has 10 heavy (non-hydrogen) atoms. The van der Waals surface area contributed by atoms with Gasteiger partial charge in [0.2, 0.25) is 0 Å². The van der Waals surface area contributed by atoms with Crippen LogP contribution in [-0.4, -0.2) is 30.0 Å². The van der Waals surface area contributed by atoms with Gasteiger partial charge in [0.05, 0.1) is 0 Å². The Kier molecular flexibility index (Phi) is 3.56. The number of alkyl halides is 1. The molecule has 1 heterocycles. The first-order valence-electron chi connectivity index (χ1n) is 3.20. The number of piperidine rings is 1. The Morgan fingerprint density at radius 1 is 1.70 bits per heavy atom. The molecule has 0 aliphatic carbocycles. The van der Waals surface area contributed by atoms with E-state index in [0.29, 0.717) is 19.5 Å². The number of hydrogen-bond acceptors (Lipinski definition) is 2. The molecular formula is C6H13ClFNO. The van der Waals surface area contributed by atoms with Gasteiger partial charge in [0.25, 0.3) is 0 Å². The van der Waals surface area contributed by atoms with E-state index in [0.717, 1.165) is 0 Å². The third kappa shape index (κ3) is 2.08. The molecular weight excluding hydrogens is 157 g/mol. The van der Waals surface area contributed by atoms with Crippen molar-refractivity contribution in [3.05, 3.63) is 0 Å². The van der Waals surface area contributed by atoms with Crippen LogP contribution >= 0.6 is 12.4 Å². The second-order valence-electron chi connectivity index (χ2n) is 2.79. The largest absolute Gasteiger partial charge is 0.386 e. The first kappa shape index (κ1) is 10.1. The minimum absolute atomic E-state index is 0. The average Bonchev–Trinajstić information content (AvgIpc) is 1.77. The van der Waals surface area contributed by atoms with E-state index in [4.69, 9.17) is 0 Å². The van der Waals surface area contributed by atoms with Crippen molar-refractivity contribution in [1.29, 1.82) is 0 Å². The minimum Gasteiger partial charge on any atom is -0.386 e. The highest BCUT2D eigenvalue weighted by molar-refractivity contribution is 5.85. The standard InChI is InChI=1S/C6H12FNO.ClH/c1-6(9)4-8-3-2-5(6)7;/h5,8-9H,2-4H2,1H3;1H/t5-,6+;/m1./s1. The molecule has 4 heteroatoms. The van der Waals surface area contributed by atoms with Crippen molar-refractivity contribution >= 4 is 12.4 Å². The lowest BCUT2D eigenvalue weighted by Crippen LogP contribution is -2.51. The van der Waals surface area contributed by atoms with E-state index in [1.165, 1.54) is 6.92 Å². The van der Waals surface area contributed by atoms with Gasteiger partial charge in [-0.2, -0.15) is 0 Å². The van der Waals surface area contributed by atoms with Gasteiger partial charge in [-0.25, -0.2) is 4.39 Å². The van der Waals surface area contributed by atoms with E-state index >= 15 is 0 Å². The predicted molar refractivity (Wildman–Crippen MR) is 40.3 cm³/mol. The SMILES string of the molecule is C[C@]1(O)CNCC[C@H]1F.Cl. The molecule has 2 nitrogen and oxygen atoms in total. The maximum atomic E-state index is 12.7. The number of β-amino-alcohol motifs (C(OH)–C–C–N with tert-alkyl or cyclic N) is 1. The maximum absolute atomic E-state index is 12.7. The molecule has 1 aliphatic rings. The molecule has 0 radical (unpaired) electrons. The third-order valence-corrected chi connectivity index (χ3v) is 1.73. The monoisotopic (exact) mass is 169 g/mol. The molecule has 0 saturated carbocycles. The van der Waals surface area contributed by atoms with E-state index in [9.17, 15) is 9.50 Å². The van der Waals surface area contributed by atoms with Crippen LogP contribution in [-0.2, 0) is 0 Å². The van der Waals surface area contributed by atoms with E-state index < -0.39 is 11.8 Å². The van der Waals surface area contributed by atoms with Gasteiger partial charge in [0.15, 0.2) is 0 Å². The zero-order valence-electron chi connectivity index (χ0n) is 5.93. The Morgan fingerprint density at radius 3 is 2.60 bits per heavy atom. The van der Waals surface area contributed by atoms with Gasteiger partial charge in [0.1, 0.15) is 11.8 Å². The number of aliphatic hydroxyl groups is 1. The van der Waals surface area contributed by atoms with Gasteiger partial charge < -0.3 is 10.4 Å². The average molecular weight is 170 g/mol. The summed E-state index contributed by atoms with van der Waals surface area (Å²) >= 11 is 0. The Morgan fingerprint density at radius 2 is 2.30 bits per heavy atom. The lowest BCUT2D eigenvalue weighted by molar-refractivity contribution is -0.0360. The number of hydrogen-bond donors (Lipinski definition) is 2. The number of halogens is 2. The maximum Gasteiger partial charge on any atom is 0.131 e. The van der Waals surface area contributed by atoms with Crippen LogP contribution < -0.4 is 5.32 Å². The summed E-state index contributed by atoms with van der Waals surface area (Å²) in [5.74, 6) is 0. The van der Waals surface area contributed by atoms with Gasteiger partial charge in [-0.15, -0.1) is 12.4 Å². The Balaban J connectivity index is 0.000000810. The lowest BCUT2D eigenvalue weighted by Gasteiger charge is -2.32. The zero-order valence-corrected chi connectivity index (χ0v) is 6.75. The molecule has 0 amide bonds. The fourth-order valence-electron chi connectivity index (χ4n) is 0.992. The molecule has 0 spiro atoms. The van der Waals surface area contributed by atoms with Gasteiger partial charge in [-0.1, -0.05) is 0 Å². The van der Waals surface area contributed by atoms with Crippen molar-refractivity contribution in [2.24, 2.45) is 0 Å². The van der Waals surface area contributed by atoms with Crippen molar-refractivity contribution in [3.63, 3.8) is 0 Å². The van der Waals surface area contributed by atoms with E-state index in [-0.39, 0.29) is 12.4 Å². The van der Waals surface area contributed by atoms with Crippen molar-refractivity contribution in [2.45, 2.75) is 25.1 Å². The second kappa shape index (κ2) is 3.51. The molecule has 0 bridgehead atoms. The van der Waals surface area contributed by atoms with Crippen LogP contribution in [0.25, 0.3) is 0 Å². The summed E-state index contributed by atoms with van der Waals surface area (Å²) in [6.07, 6.45) is -0.633. The molecule has 2 atom stereocenters. The molecule has 0 aromatic rings. The van der Waals surface area contributed by atoms with Crippen molar-refractivity contribution in [3.8, 4) is 0 Å². The summed E-state index contributed by atoms with van der Waals surface area (Å²) in [6.45, 7) is 2.56. The Hall–Kier alpha value is 0.140. The van der Waals surface area contributed by atoms with Crippen molar-refractivity contribution < 1.29 is 9.50 Å².